The van der Waals surface area contributed by atoms with Crippen LogP contribution in [0.1, 0.15) is 46.3 Å². The third-order valence-corrected chi connectivity index (χ3v) is 6.29. The summed E-state index contributed by atoms with van der Waals surface area (Å²) in [4.78, 5) is 0. The molecule has 3 aromatic heterocycles. The Bertz CT molecular complexity index is 997. The van der Waals surface area contributed by atoms with Crippen LogP contribution >= 0.6 is 0 Å². The van der Waals surface area contributed by atoms with Crippen LogP contribution in [0.5, 0.6) is 0 Å². The summed E-state index contributed by atoms with van der Waals surface area (Å²) in [7, 11) is 0. The van der Waals surface area contributed by atoms with E-state index >= 15 is 0 Å². The number of rotatable bonds is 2. The van der Waals surface area contributed by atoms with Crippen LogP contribution in [0.2, 0.25) is 0 Å². The van der Waals surface area contributed by atoms with Gasteiger partial charge in [-0.1, -0.05) is 30.3 Å². The van der Waals surface area contributed by atoms with Crippen LogP contribution < -0.4 is 4.57 Å². The van der Waals surface area contributed by atoms with Crippen molar-refractivity contribution in [3.63, 3.8) is 0 Å². The highest BCUT2D eigenvalue weighted by molar-refractivity contribution is 5.51. The number of aromatic nitrogens is 1. The first-order valence-corrected chi connectivity index (χ1v) is 9.04. The van der Waals surface area contributed by atoms with E-state index in [1.807, 2.05) is 12.5 Å². The van der Waals surface area contributed by atoms with Gasteiger partial charge in [0.05, 0.1) is 36.4 Å². The zero-order chi connectivity index (χ0) is 17.1. The minimum atomic E-state index is -0.196. The summed E-state index contributed by atoms with van der Waals surface area (Å²) in [6, 6.07) is 19.8. The van der Waals surface area contributed by atoms with E-state index in [4.69, 9.17) is 8.83 Å². The summed E-state index contributed by atoms with van der Waals surface area (Å²) < 4.78 is 13.5. The number of pyridine rings is 1. The van der Waals surface area contributed by atoms with Gasteiger partial charge in [-0.2, -0.15) is 4.57 Å². The van der Waals surface area contributed by atoms with Gasteiger partial charge in [0.25, 0.3) is 0 Å². The van der Waals surface area contributed by atoms with Crippen molar-refractivity contribution in [2.75, 3.05) is 0 Å². The van der Waals surface area contributed by atoms with Crippen molar-refractivity contribution in [3.8, 4) is 0 Å². The molecule has 4 aromatic rings. The predicted molar refractivity (Wildman–Crippen MR) is 95.9 cm³/mol. The highest BCUT2D eigenvalue weighted by Gasteiger charge is 2.60. The zero-order valence-corrected chi connectivity index (χ0v) is 14.2. The van der Waals surface area contributed by atoms with Gasteiger partial charge in [0, 0.05) is 28.8 Å². The molecule has 126 valence electrons. The Morgan fingerprint density at radius 1 is 0.808 bits per heavy atom. The van der Waals surface area contributed by atoms with E-state index in [0.29, 0.717) is 5.92 Å². The van der Waals surface area contributed by atoms with Crippen LogP contribution in [0.15, 0.2) is 94.7 Å². The van der Waals surface area contributed by atoms with Gasteiger partial charge in [-0.25, -0.2) is 0 Å². The lowest BCUT2D eigenvalue weighted by atomic mass is 9.55. The molecule has 1 aliphatic carbocycles. The van der Waals surface area contributed by atoms with E-state index in [1.165, 1.54) is 27.9 Å². The fourth-order valence-electron chi connectivity index (χ4n) is 5.29. The standard InChI is InChI=1S/C23H18NO2/c1-2-6-19-18(5-1)20-13-23(16-8-11-25-14-16,17-9-12-26-15-17)22(19)24-10-4-3-7-21(20)24/h1-12,14-15,20,22H,13H2/q+1. The van der Waals surface area contributed by atoms with Crippen molar-refractivity contribution in [1.82, 2.24) is 0 Å². The largest absolute Gasteiger partial charge is 0.472 e. The molecule has 3 heteroatoms. The van der Waals surface area contributed by atoms with Crippen LogP contribution in [-0.4, -0.2) is 0 Å². The van der Waals surface area contributed by atoms with Gasteiger partial charge in [0.15, 0.2) is 17.9 Å². The normalized spacial score (nSPS) is 22.0. The number of benzene rings is 1. The summed E-state index contributed by atoms with van der Waals surface area (Å²) in [5.74, 6) is 0.349. The molecule has 5 heterocycles. The Labute approximate surface area is 151 Å². The predicted octanol–water partition coefficient (Wildman–Crippen LogP) is 4.58. The zero-order valence-electron chi connectivity index (χ0n) is 14.2. The van der Waals surface area contributed by atoms with E-state index in [0.717, 1.165) is 6.42 Å². The van der Waals surface area contributed by atoms with Crippen molar-refractivity contribution < 1.29 is 13.4 Å². The summed E-state index contributed by atoms with van der Waals surface area (Å²) in [6.07, 6.45) is 10.6. The molecule has 0 saturated heterocycles. The van der Waals surface area contributed by atoms with Crippen molar-refractivity contribution in [2.24, 2.45) is 0 Å². The Kier molecular flexibility index (Phi) is 2.71. The molecule has 1 aromatic carbocycles. The SMILES string of the molecule is c1ccc2c(c1)C1CC(c3ccoc3)(c3ccoc3)C2[n+]2ccccc21. The van der Waals surface area contributed by atoms with Crippen LogP contribution in [-0.2, 0) is 5.41 Å². The quantitative estimate of drug-likeness (QED) is 0.500. The molecular weight excluding hydrogens is 322 g/mol. The van der Waals surface area contributed by atoms with E-state index in [2.05, 4.69) is 65.4 Å². The lowest BCUT2D eigenvalue weighted by molar-refractivity contribution is -0.738. The van der Waals surface area contributed by atoms with Gasteiger partial charge in [0.2, 0.25) is 0 Å². The first-order valence-electron chi connectivity index (χ1n) is 9.04. The van der Waals surface area contributed by atoms with Gasteiger partial charge in [-0.15, -0.1) is 0 Å². The maximum Gasteiger partial charge on any atom is 0.197 e. The second kappa shape index (κ2) is 4.98. The van der Waals surface area contributed by atoms with Gasteiger partial charge in [-0.3, -0.25) is 0 Å². The number of nitrogens with zero attached hydrogens (tertiary/aromatic N) is 1. The Morgan fingerprint density at radius 2 is 1.50 bits per heavy atom. The van der Waals surface area contributed by atoms with E-state index < -0.39 is 0 Å². The molecule has 3 aliphatic rings. The average Bonchev–Trinajstić information content (AvgIpc) is 3.42. The van der Waals surface area contributed by atoms with Crippen LogP contribution in [0.4, 0.5) is 0 Å². The fraction of sp³-hybridized carbons (Fsp3) is 0.174. The van der Waals surface area contributed by atoms with Gasteiger partial charge in [-0.05, 0) is 24.1 Å². The summed E-state index contributed by atoms with van der Waals surface area (Å²) >= 11 is 0. The first-order chi connectivity index (χ1) is 12.9. The van der Waals surface area contributed by atoms with E-state index in [1.54, 1.807) is 12.5 Å². The monoisotopic (exact) mass is 340 g/mol. The molecule has 3 nitrogen and oxygen atoms in total. The smallest absolute Gasteiger partial charge is 0.197 e. The van der Waals surface area contributed by atoms with E-state index in [9.17, 15) is 0 Å². The molecule has 0 N–H and O–H groups in total. The molecule has 0 amide bonds. The molecule has 2 aliphatic heterocycles. The lowest BCUT2D eigenvalue weighted by Crippen LogP contribution is -2.62. The van der Waals surface area contributed by atoms with Gasteiger partial charge < -0.3 is 8.83 Å². The molecule has 2 bridgehead atoms. The van der Waals surface area contributed by atoms with Crippen molar-refractivity contribution in [1.29, 1.82) is 0 Å². The maximum atomic E-state index is 5.53. The molecule has 0 spiro atoms. The molecule has 26 heavy (non-hydrogen) atoms. The van der Waals surface area contributed by atoms with Crippen LogP contribution in [0.3, 0.4) is 0 Å². The number of furan rings is 2. The average molecular weight is 340 g/mol. The van der Waals surface area contributed by atoms with Gasteiger partial charge in [0.1, 0.15) is 0 Å². The van der Waals surface area contributed by atoms with Crippen LogP contribution in [0.25, 0.3) is 0 Å². The topological polar surface area (TPSA) is 30.2 Å². The minimum absolute atomic E-state index is 0.176. The molecule has 0 fully saturated rings. The van der Waals surface area contributed by atoms with Crippen LogP contribution in [0, 0.1) is 0 Å². The molecule has 2 unspecified atom stereocenters. The highest BCUT2D eigenvalue weighted by Crippen LogP contribution is 2.58. The summed E-state index contributed by atoms with van der Waals surface area (Å²) in [6.45, 7) is 0. The molecule has 0 radical (unpaired) electrons. The molecule has 2 atom stereocenters. The Balaban J connectivity index is 1.73. The lowest BCUT2D eigenvalue weighted by Gasteiger charge is -2.47. The highest BCUT2D eigenvalue weighted by atomic mass is 16.3. The first kappa shape index (κ1) is 14.1. The summed E-state index contributed by atoms with van der Waals surface area (Å²) in [5, 5.41) is 0. The number of hydrogen-bond donors (Lipinski definition) is 0. The fourth-order valence-corrected chi connectivity index (χ4v) is 5.29. The van der Waals surface area contributed by atoms with Crippen molar-refractivity contribution in [2.45, 2.75) is 23.8 Å². The Hall–Kier alpha value is -3.07. The van der Waals surface area contributed by atoms with Gasteiger partial charge >= 0.3 is 0 Å². The second-order valence-corrected chi connectivity index (χ2v) is 7.32. The summed E-state index contributed by atoms with van der Waals surface area (Å²) in [5.41, 5.74) is 6.47. The van der Waals surface area contributed by atoms with Crippen molar-refractivity contribution in [3.05, 3.63) is 114 Å². The number of hydrogen-bond acceptors (Lipinski definition) is 2. The van der Waals surface area contributed by atoms with E-state index in [-0.39, 0.29) is 11.5 Å². The van der Waals surface area contributed by atoms with Crippen molar-refractivity contribution >= 4 is 0 Å². The Morgan fingerprint density at radius 3 is 2.19 bits per heavy atom. The second-order valence-electron chi connectivity index (χ2n) is 7.32. The third-order valence-electron chi connectivity index (χ3n) is 6.29. The number of fused-ring (bicyclic) bond motifs is 1. The molecular formula is C23H18NO2+. The third kappa shape index (κ3) is 1.61. The molecule has 0 saturated carbocycles. The molecule has 7 rings (SSSR count). The maximum absolute atomic E-state index is 5.53. The minimum Gasteiger partial charge on any atom is -0.472 e.